The molecule has 0 spiro atoms. The van der Waals surface area contributed by atoms with Crippen molar-refractivity contribution in [3.05, 3.63) is 46.4 Å². The summed E-state index contributed by atoms with van der Waals surface area (Å²) in [6.45, 7) is 11.6. The molecule has 1 amide bonds. The summed E-state index contributed by atoms with van der Waals surface area (Å²) in [5.41, 5.74) is 1.27. The molecule has 1 saturated heterocycles. The molecular formula is C24H33N5O2. The molecule has 166 valence electrons. The molecule has 7 heteroatoms. The number of rotatable bonds is 5. The molecule has 2 N–H and O–H groups in total. The lowest BCUT2D eigenvalue weighted by atomic mass is 9.79. The highest BCUT2D eigenvalue weighted by atomic mass is 16.2. The molecule has 0 saturated carbocycles. The van der Waals surface area contributed by atoms with Gasteiger partial charge in [-0.3, -0.25) is 9.59 Å². The van der Waals surface area contributed by atoms with Crippen molar-refractivity contribution in [2.45, 2.75) is 77.4 Å². The number of nitrogens with zero attached hydrogens (tertiary/aromatic N) is 3. The number of unbranched alkanes of at least 4 members (excludes halogenated alkanes) is 1. The van der Waals surface area contributed by atoms with E-state index < -0.39 is 0 Å². The normalized spacial score (nSPS) is 18.5. The van der Waals surface area contributed by atoms with Gasteiger partial charge in [-0.15, -0.1) is 0 Å². The quantitative estimate of drug-likeness (QED) is 0.655. The van der Waals surface area contributed by atoms with Crippen molar-refractivity contribution < 1.29 is 4.79 Å². The lowest BCUT2D eigenvalue weighted by molar-refractivity contribution is 0.0443. The number of amides is 1. The van der Waals surface area contributed by atoms with Crippen LogP contribution < -0.4 is 10.9 Å². The highest BCUT2D eigenvalue weighted by Gasteiger charge is 2.41. The van der Waals surface area contributed by atoms with Crippen LogP contribution in [0.15, 0.2) is 35.3 Å². The fraction of sp³-hybridized carbons (Fsp3) is 0.542. The minimum absolute atomic E-state index is 0.0621. The third-order valence-corrected chi connectivity index (χ3v) is 6.23. The Kier molecular flexibility index (Phi) is 5.41. The molecular weight excluding hydrogens is 390 g/mol. The summed E-state index contributed by atoms with van der Waals surface area (Å²) in [6.07, 6.45) is 5.30. The zero-order valence-electron chi connectivity index (χ0n) is 19.2. The summed E-state index contributed by atoms with van der Waals surface area (Å²) >= 11 is 0. The van der Waals surface area contributed by atoms with Gasteiger partial charge in [0, 0.05) is 23.7 Å². The van der Waals surface area contributed by atoms with Gasteiger partial charge < -0.3 is 15.2 Å². The third-order valence-electron chi connectivity index (χ3n) is 6.23. The van der Waals surface area contributed by atoms with E-state index in [0.717, 1.165) is 25.7 Å². The summed E-state index contributed by atoms with van der Waals surface area (Å²) in [5.74, 6) is -0.0621. The van der Waals surface area contributed by atoms with Gasteiger partial charge in [-0.1, -0.05) is 25.5 Å². The van der Waals surface area contributed by atoms with E-state index in [2.05, 4.69) is 50.0 Å². The Morgan fingerprint density at radius 2 is 1.87 bits per heavy atom. The molecule has 2 aromatic heterocycles. The minimum atomic E-state index is -0.207. The average Bonchev–Trinajstić information content (AvgIpc) is 3.10. The highest BCUT2D eigenvalue weighted by Crippen LogP contribution is 2.33. The van der Waals surface area contributed by atoms with Crippen LogP contribution in [-0.4, -0.2) is 49.1 Å². The Labute approximate surface area is 182 Å². The second-order valence-electron chi connectivity index (χ2n) is 10.1. The van der Waals surface area contributed by atoms with Gasteiger partial charge in [0.15, 0.2) is 0 Å². The zero-order chi connectivity index (χ0) is 22.4. The SMILES string of the molecule is CCCCN(C(=O)c1cnn2c1[nH]c(=O)c1ccccc12)C1CC(C)(C)NC(C)(C)C1. The van der Waals surface area contributed by atoms with E-state index in [0.29, 0.717) is 28.7 Å². The predicted octanol–water partition coefficient (Wildman–Crippen LogP) is 3.73. The maximum Gasteiger partial charge on any atom is 0.259 e. The van der Waals surface area contributed by atoms with Crippen LogP contribution in [0.25, 0.3) is 16.6 Å². The van der Waals surface area contributed by atoms with Gasteiger partial charge in [0.1, 0.15) is 11.2 Å². The monoisotopic (exact) mass is 423 g/mol. The summed E-state index contributed by atoms with van der Waals surface area (Å²) in [7, 11) is 0. The van der Waals surface area contributed by atoms with Gasteiger partial charge in [0.25, 0.3) is 11.5 Å². The molecule has 0 unspecified atom stereocenters. The smallest absolute Gasteiger partial charge is 0.259 e. The van der Waals surface area contributed by atoms with E-state index in [4.69, 9.17) is 0 Å². The van der Waals surface area contributed by atoms with Crippen LogP contribution in [0.3, 0.4) is 0 Å². The summed E-state index contributed by atoms with van der Waals surface area (Å²) < 4.78 is 1.66. The van der Waals surface area contributed by atoms with Gasteiger partial charge in [-0.05, 0) is 59.1 Å². The van der Waals surface area contributed by atoms with Crippen molar-refractivity contribution in [1.29, 1.82) is 0 Å². The standard InChI is InChI=1S/C24H33N5O2/c1-6-7-12-28(16-13-23(2,3)27-24(4,5)14-16)22(31)18-15-25-29-19-11-9-8-10-17(19)21(30)26-20(18)29/h8-11,15-16,27H,6-7,12-14H2,1-5H3,(H,26,30). The van der Waals surface area contributed by atoms with Crippen LogP contribution in [0.5, 0.6) is 0 Å². The Bertz CT molecular complexity index is 1160. The second kappa shape index (κ2) is 7.79. The molecule has 3 aromatic rings. The number of benzene rings is 1. The van der Waals surface area contributed by atoms with E-state index in [9.17, 15) is 9.59 Å². The van der Waals surface area contributed by atoms with Crippen molar-refractivity contribution in [3.63, 3.8) is 0 Å². The first-order valence-electron chi connectivity index (χ1n) is 11.2. The van der Waals surface area contributed by atoms with Crippen LogP contribution in [-0.2, 0) is 0 Å². The number of carbonyl (C=O) groups is 1. The van der Waals surface area contributed by atoms with Gasteiger partial charge in [0.05, 0.1) is 17.1 Å². The predicted molar refractivity (Wildman–Crippen MR) is 124 cm³/mol. The third kappa shape index (κ3) is 4.11. The maximum atomic E-state index is 13.8. The molecule has 31 heavy (non-hydrogen) atoms. The number of hydrogen-bond donors (Lipinski definition) is 2. The van der Waals surface area contributed by atoms with Crippen LogP contribution in [0.4, 0.5) is 0 Å². The van der Waals surface area contributed by atoms with Crippen molar-refractivity contribution in [2.75, 3.05) is 6.54 Å². The largest absolute Gasteiger partial charge is 0.335 e. The first kappa shape index (κ1) is 21.6. The Morgan fingerprint density at radius 1 is 1.19 bits per heavy atom. The number of hydrogen-bond acceptors (Lipinski definition) is 4. The fourth-order valence-corrected chi connectivity index (χ4v) is 5.26. The molecule has 3 heterocycles. The number of carbonyl (C=O) groups excluding carboxylic acids is 1. The average molecular weight is 424 g/mol. The number of nitrogens with one attached hydrogen (secondary N) is 2. The molecule has 7 nitrogen and oxygen atoms in total. The van der Waals surface area contributed by atoms with E-state index in [1.807, 2.05) is 23.1 Å². The fourth-order valence-electron chi connectivity index (χ4n) is 5.26. The zero-order valence-corrected chi connectivity index (χ0v) is 19.2. The Morgan fingerprint density at radius 3 is 2.55 bits per heavy atom. The van der Waals surface area contributed by atoms with Crippen LogP contribution in [0, 0.1) is 0 Å². The van der Waals surface area contributed by atoms with Crippen molar-refractivity contribution in [3.8, 4) is 0 Å². The van der Waals surface area contributed by atoms with Crippen LogP contribution in [0.2, 0.25) is 0 Å². The van der Waals surface area contributed by atoms with Gasteiger partial charge in [-0.25, -0.2) is 4.52 Å². The van der Waals surface area contributed by atoms with Gasteiger partial charge in [-0.2, -0.15) is 5.10 Å². The van der Waals surface area contributed by atoms with Crippen molar-refractivity contribution in [1.82, 2.24) is 24.8 Å². The molecule has 0 aliphatic carbocycles. The molecule has 0 atom stereocenters. The maximum absolute atomic E-state index is 13.8. The van der Waals surface area contributed by atoms with E-state index in [1.54, 1.807) is 16.8 Å². The molecule has 0 radical (unpaired) electrons. The number of para-hydroxylation sites is 1. The molecule has 0 bridgehead atoms. The van der Waals surface area contributed by atoms with Crippen LogP contribution in [0.1, 0.15) is 70.7 Å². The van der Waals surface area contributed by atoms with Gasteiger partial charge in [0.2, 0.25) is 0 Å². The first-order valence-corrected chi connectivity index (χ1v) is 11.2. The summed E-state index contributed by atoms with van der Waals surface area (Å²) in [4.78, 5) is 31.4. The van der Waals surface area contributed by atoms with Crippen LogP contribution >= 0.6 is 0 Å². The summed E-state index contributed by atoms with van der Waals surface area (Å²) in [6, 6.07) is 7.44. The number of aromatic amines is 1. The number of H-pyrrole nitrogens is 1. The number of piperidine rings is 1. The lowest BCUT2D eigenvalue weighted by Crippen LogP contribution is -2.62. The van der Waals surface area contributed by atoms with E-state index >= 15 is 0 Å². The van der Waals surface area contributed by atoms with Crippen molar-refractivity contribution in [2.24, 2.45) is 0 Å². The lowest BCUT2D eigenvalue weighted by Gasteiger charge is -2.49. The minimum Gasteiger partial charge on any atom is -0.335 e. The first-order chi connectivity index (χ1) is 14.6. The van der Waals surface area contributed by atoms with E-state index in [-0.39, 0.29) is 28.6 Å². The summed E-state index contributed by atoms with van der Waals surface area (Å²) in [5, 5.41) is 8.72. The highest BCUT2D eigenvalue weighted by molar-refractivity contribution is 6.00. The molecule has 1 fully saturated rings. The van der Waals surface area contributed by atoms with Crippen molar-refractivity contribution >= 4 is 22.5 Å². The number of aromatic nitrogens is 3. The Hall–Kier alpha value is -2.67. The topological polar surface area (TPSA) is 82.5 Å². The number of fused-ring (bicyclic) bond motifs is 3. The molecule has 1 aliphatic heterocycles. The molecule has 1 aliphatic rings. The second-order valence-corrected chi connectivity index (χ2v) is 10.1. The molecule has 4 rings (SSSR count). The van der Waals surface area contributed by atoms with Gasteiger partial charge >= 0.3 is 0 Å². The molecule has 1 aromatic carbocycles. The van der Waals surface area contributed by atoms with E-state index in [1.165, 1.54) is 0 Å². The Balaban J connectivity index is 1.77.